The number of hydrogen-bond acceptors (Lipinski definition) is 3. The molecule has 0 bridgehead atoms. The maximum Gasteiger partial charge on any atom is 0.140 e. The van der Waals surface area contributed by atoms with Crippen LogP contribution in [0.3, 0.4) is 0 Å². The molecule has 0 spiro atoms. The predicted molar refractivity (Wildman–Crippen MR) is 76.7 cm³/mol. The van der Waals surface area contributed by atoms with Crippen LogP contribution >= 0.6 is 0 Å². The molecule has 0 amide bonds. The van der Waals surface area contributed by atoms with Gasteiger partial charge in [0.15, 0.2) is 0 Å². The number of ether oxygens (including phenoxy) is 1. The van der Waals surface area contributed by atoms with Crippen LogP contribution in [0.15, 0.2) is 30.5 Å². The van der Waals surface area contributed by atoms with Crippen molar-refractivity contribution in [1.29, 1.82) is 0 Å². The predicted octanol–water partition coefficient (Wildman–Crippen LogP) is 3.63. The van der Waals surface area contributed by atoms with Gasteiger partial charge in [-0.25, -0.2) is 4.98 Å². The van der Waals surface area contributed by atoms with E-state index in [1.165, 1.54) is 22.4 Å². The third-order valence-electron chi connectivity index (χ3n) is 3.51. The summed E-state index contributed by atoms with van der Waals surface area (Å²) in [5.74, 6) is 1.02. The monoisotopic (exact) mass is 254 g/mol. The molecule has 0 unspecified atom stereocenters. The Labute approximate surface area is 113 Å². The number of nitrogens with zero attached hydrogens (tertiary/aromatic N) is 2. The molecule has 1 aliphatic heterocycles. The van der Waals surface area contributed by atoms with Crippen molar-refractivity contribution in [3.63, 3.8) is 0 Å². The highest BCUT2D eigenvalue weighted by molar-refractivity contribution is 5.70. The Kier molecular flexibility index (Phi) is 2.99. The number of aromatic nitrogens is 1. The molecule has 1 aliphatic rings. The van der Waals surface area contributed by atoms with Crippen LogP contribution in [0.25, 0.3) is 0 Å². The normalized spacial score (nSPS) is 14.4. The van der Waals surface area contributed by atoms with Crippen LogP contribution in [0.1, 0.15) is 22.3 Å². The second-order valence-electron chi connectivity index (χ2n) is 5.14. The van der Waals surface area contributed by atoms with Gasteiger partial charge >= 0.3 is 0 Å². The Balaban J connectivity index is 2.14. The van der Waals surface area contributed by atoms with Crippen LogP contribution in [0.5, 0.6) is 0 Å². The summed E-state index contributed by atoms with van der Waals surface area (Å²) >= 11 is 0. The lowest BCUT2D eigenvalue weighted by Gasteiger charge is -2.32. The molecular formula is C16H18N2O. The van der Waals surface area contributed by atoms with Crippen molar-refractivity contribution in [2.75, 3.05) is 11.6 Å². The molecule has 2 aromatic rings. The molecule has 0 saturated heterocycles. The van der Waals surface area contributed by atoms with Crippen LogP contribution in [0, 0.1) is 20.8 Å². The maximum absolute atomic E-state index is 5.69. The Morgan fingerprint density at radius 1 is 1.16 bits per heavy atom. The third-order valence-corrected chi connectivity index (χ3v) is 3.51. The molecule has 1 aromatic carbocycles. The topological polar surface area (TPSA) is 25.4 Å². The van der Waals surface area contributed by atoms with Crippen LogP contribution < -0.4 is 4.90 Å². The van der Waals surface area contributed by atoms with E-state index in [-0.39, 0.29) is 0 Å². The van der Waals surface area contributed by atoms with E-state index < -0.39 is 0 Å². The van der Waals surface area contributed by atoms with Gasteiger partial charge < -0.3 is 9.64 Å². The molecule has 3 heteroatoms. The fourth-order valence-corrected chi connectivity index (χ4v) is 2.86. The molecule has 1 aromatic heterocycles. The van der Waals surface area contributed by atoms with Crippen molar-refractivity contribution in [3.8, 4) is 0 Å². The first-order valence-electron chi connectivity index (χ1n) is 6.54. The number of fused-ring (bicyclic) bond motifs is 1. The lowest BCUT2D eigenvalue weighted by molar-refractivity contribution is 0.116. The minimum atomic E-state index is 0.564. The van der Waals surface area contributed by atoms with E-state index >= 15 is 0 Å². The van der Waals surface area contributed by atoms with Gasteiger partial charge in [0.05, 0.1) is 12.3 Å². The van der Waals surface area contributed by atoms with E-state index in [4.69, 9.17) is 4.74 Å². The lowest BCUT2D eigenvalue weighted by atomic mass is 10.0. The molecule has 0 atom stereocenters. The quantitative estimate of drug-likeness (QED) is 0.777. The molecule has 0 saturated carbocycles. The smallest absolute Gasteiger partial charge is 0.140 e. The molecule has 3 rings (SSSR count). The lowest BCUT2D eigenvalue weighted by Crippen LogP contribution is -2.28. The summed E-state index contributed by atoms with van der Waals surface area (Å²) in [7, 11) is 0. The van der Waals surface area contributed by atoms with Crippen molar-refractivity contribution in [1.82, 2.24) is 4.98 Å². The van der Waals surface area contributed by atoms with Crippen LogP contribution in [-0.4, -0.2) is 11.7 Å². The SMILES string of the molecule is Cc1cc(C)c(N2COCc3cccnc32)c(C)c1. The van der Waals surface area contributed by atoms with Gasteiger partial charge in [0.2, 0.25) is 0 Å². The number of hydrogen-bond donors (Lipinski definition) is 0. The minimum absolute atomic E-state index is 0.564. The summed E-state index contributed by atoms with van der Waals surface area (Å²) in [6.45, 7) is 7.63. The van der Waals surface area contributed by atoms with Crippen LogP contribution in [-0.2, 0) is 11.3 Å². The van der Waals surface area contributed by atoms with Gasteiger partial charge in [-0.15, -0.1) is 0 Å². The summed E-state index contributed by atoms with van der Waals surface area (Å²) in [6, 6.07) is 8.45. The fraction of sp³-hybridized carbons (Fsp3) is 0.312. The van der Waals surface area contributed by atoms with Gasteiger partial charge in [0.1, 0.15) is 12.5 Å². The Hall–Kier alpha value is -1.87. The van der Waals surface area contributed by atoms with E-state index in [1.54, 1.807) is 0 Å². The zero-order chi connectivity index (χ0) is 13.4. The number of benzene rings is 1. The first-order valence-corrected chi connectivity index (χ1v) is 6.54. The molecule has 0 radical (unpaired) electrons. The maximum atomic E-state index is 5.69. The van der Waals surface area contributed by atoms with Gasteiger partial charge in [-0.2, -0.15) is 0 Å². The molecule has 98 valence electrons. The van der Waals surface area contributed by atoms with E-state index in [0.717, 1.165) is 11.4 Å². The second kappa shape index (κ2) is 4.67. The van der Waals surface area contributed by atoms with Gasteiger partial charge in [-0.1, -0.05) is 23.8 Å². The number of aryl methyl sites for hydroxylation is 3. The van der Waals surface area contributed by atoms with E-state index in [0.29, 0.717) is 13.3 Å². The summed E-state index contributed by atoms with van der Waals surface area (Å²) in [6.07, 6.45) is 1.84. The highest BCUT2D eigenvalue weighted by Crippen LogP contribution is 2.35. The average Bonchev–Trinajstić information content (AvgIpc) is 2.38. The summed E-state index contributed by atoms with van der Waals surface area (Å²) in [5, 5.41) is 0. The molecule has 0 N–H and O–H groups in total. The number of anilines is 2. The Bertz CT molecular complexity index is 599. The van der Waals surface area contributed by atoms with Gasteiger partial charge in [-0.3, -0.25) is 0 Å². The van der Waals surface area contributed by atoms with Crippen molar-refractivity contribution in [2.24, 2.45) is 0 Å². The molecular weight excluding hydrogens is 236 g/mol. The Morgan fingerprint density at radius 3 is 2.63 bits per heavy atom. The molecule has 0 fully saturated rings. The first-order chi connectivity index (χ1) is 9.16. The standard InChI is InChI=1S/C16H18N2O/c1-11-7-12(2)15(13(3)8-11)18-10-19-9-14-5-4-6-17-16(14)18/h4-8H,9-10H2,1-3H3. The van der Waals surface area contributed by atoms with Crippen LogP contribution in [0.4, 0.5) is 11.5 Å². The van der Waals surface area contributed by atoms with Crippen molar-refractivity contribution in [2.45, 2.75) is 27.4 Å². The minimum Gasteiger partial charge on any atom is -0.356 e. The zero-order valence-corrected chi connectivity index (χ0v) is 11.6. The highest BCUT2D eigenvalue weighted by atomic mass is 16.5. The van der Waals surface area contributed by atoms with E-state index in [2.05, 4.69) is 48.9 Å². The molecule has 3 nitrogen and oxygen atoms in total. The number of rotatable bonds is 1. The molecule has 2 heterocycles. The van der Waals surface area contributed by atoms with Gasteiger partial charge in [-0.05, 0) is 38.0 Å². The summed E-state index contributed by atoms with van der Waals surface area (Å²) in [5.41, 5.74) is 6.18. The van der Waals surface area contributed by atoms with Gasteiger partial charge in [0.25, 0.3) is 0 Å². The van der Waals surface area contributed by atoms with Crippen molar-refractivity contribution >= 4 is 11.5 Å². The molecule has 19 heavy (non-hydrogen) atoms. The second-order valence-corrected chi connectivity index (χ2v) is 5.14. The molecule has 0 aliphatic carbocycles. The average molecular weight is 254 g/mol. The van der Waals surface area contributed by atoms with Crippen molar-refractivity contribution in [3.05, 3.63) is 52.7 Å². The van der Waals surface area contributed by atoms with Gasteiger partial charge in [0, 0.05) is 11.8 Å². The summed E-state index contributed by atoms with van der Waals surface area (Å²) < 4.78 is 5.69. The van der Waals surface area contributed by atoms with E-state index in [9.17, 15) is 0 Å². The largest absolute Gasteiger partial charge is 0.356 e. The first kappa shape index (κ1) is 12.2. The van der Waals surface area contributed by atoms with E-state index in [1.807, 2.05) is 12.3 Å². The number of pyridine rings is 1. The van der Waals surface area contributed by atoms with Crippen LogP contribution in [0.2, 0.25) is 0 Å². The zero-order valence-electron chi connectivity index (χ0n) is 11.6. The fourth-order valence-electron chi connectivity index (χ4n) is 2.86. The van der Waals surface area contributed by atoms with Crippen molar-refractivity contribution < 1.29 is 4.74 Å². The highest BCUT2D eigenvalue weighted by Gasteiger charge is 2.22. The third kappa shape index (κ3) is 2.10. The summed E-state index contributed by atoms with van der Waals surface area (Å²) in [4.78, 5) is 6.70. The Morgan fingerprint density at radius 2 is 1.89 bits per heavy atom.